The van der Waals surface area contributed by atoms with Crippen LogP contribution in [-0.2, 0) is 12.8 Å². The predicted molar refractivity (Wildman–Crippen MR) is 91.9 cm³/mol. The first kappa shape index (κ1) is 16.4. The van der Waals surface area contributed by atoms with E-state index in [1.807, 2.05) is 24.3 Å². The molecule has 0 spiro atoms. The number of nitrogens with zero attached hydrogens (tertiary/aromatic N) is 4. The van der Waals surface area contributed by atoms with E-state index in [-0.39, 0.29) is 23.0 Å². The Labute approximate surface area is 147 Å². The van der Waals surface area contributed by atoms with Gasteiger partial charge in [-0.15, -0.1) is 11.3 Å². The number of anilines is 1. The van der Waals surface area contributed by atoms with Crippen molar-refractivity contribution >= 4 is 23.2 Å². The quantitative estimate of drug-likeness (QED) is 0.735. The van der Waals surface area contributed by atoms with Crippen molar-refractivity contribution in [2.75, 3.05) is 5.32 Å². The lowest BCUT2D eigenvalue weighted by Gasteiger charge is -1.99. The number of nitrogens with one attached hydrogen (secondary N) is 2. The van der Waals surface area contributed by atoms with Gasteiger partial charge in [0, 0.05) is 11.8 Å². The second kappa shape index (κ2) is 7.39. The molecule has 0 radical (unpaired) electrons. The number of carbonyl (C=O) groups excluding carboxylic acids is 1. The van der Waals surface area contributed by atoms with E-state index in [0.29, 0.717) is 0 Å². The summed E-state index contributed by atoms with van der Waals surface area (Å²) < 4.78 is 0. The maximum Gasteiger partial charge on any atom is 0.277 e. The number of hydrogen-bond donors (Lipinski definition) is 2. The predicted octanol–water partition coefficient (Wildman–Crippen LogP) is 2.65. The first-order valence-electron chi connectivity index (χ1n) is 7.39. The molecule has 0 aliphatic rings. The summed E-state index contributed by atoms with van der Waals surface area (Å²) in [5, 5.41) is 22.8. The van der Waals surface area contributed by atoms with E-state index < -0.39 is 5.91 Å². The Morgan fingerprint density at radius 3 is 2.64 bits per heavy atom. The number of benzene rings is 1. The molecule has 0 atom stereocenters. The summed E-state index contributed by atoms with van der Waals surface area (Å²) in [6, 6.07) is 13.7. The molecule has 3 aromatic rings. The molecule has 8 heteroatoms. The molecule has 2 aromatic heterocycles. The fourth-order valence-corrected chi connectivity index (χ4v) is 2.97. The minimum Gasteiger partial charge on any atom is -0.314 e. The highest BCUT2D eigenvalue weighted by Gasteiger charge is 2.15. The summed E-state index contributed by atoms with van der Waals surface area (Å²) in [6.07, 6.45) is 1.60. The SMILES string of the molecule is N#Cc1nc(NC(=O)c2csc(CCc3ccccc3)n2)[nH]c1C#N. The molecule has 3 rings (SSSR count). The fourth-order valence-electron chi connectivity index (χ4n) is 2.19. The third kappa shape index (κ3) is 3.89. The van der Waals surface area contributed by atoms with Gasteiger partial charge in [-0.2, -0.15) is 10.5 Å². The van der Waals surface area contributed by atoms with E-state index in [1.165, 1.54) is 16.9 Å². The van der Waals surface area contributed by atoms with Crippen LogP contribution in [0.25, 0.3) is 0 Å². The summed E-state index contributed by atoms with van der Waals surface area (Å²) in [7, 11) is 0. The summed E-state index contributed by atoms with van der Waals surface area (Å²) in [6.45, 7) is 0. The highest BCUT2D eigenvalue weighted by Crippen LogP contribution is 2.15. The number of aryl methyl sites for hydroxylation is 2. The van der Waals surface area contributed by atoms with Crippen LogP contribution in [-0.4, -0.2) is 20.9 Å². The largest absolute Gasteiger partial charge is 0.314 e. The Morgan fingerprint density at radius 1 is 1.16 bits per heavy atom. The number of thiazole rings is 1. The van der Waals surface area contributed by atoms with Gasteiger partial charge in [0.2, 0.25) is 5.95 Å². The van der Waals surface area contributed by atoms with E-state index in [0.717, 1.165) is 17.8 Å². The van der Waals surface area contributed by atoms with Crippen LogP contribution >= 0.6 is 11.3 Å². The van der Waals surface area contributed by atoms with Crippen molar-refractivity contribution in [1.82, 2.24) is 15.0 Å². The third-order valence-corrected chi connectivity index (χ3v) is 4.32. The maximum absolute atomic E-state index is 12.2. The average Bonchev–Trinajstić information content (AvgIpc) is 3.27. The van der Waals surface area contributed by atoms with E-state index in [9.17, 15) is 4.79 Å². The number of imidazole rings is 1. The molecule has 25 heavy (non-hydrogen) atoms. The lowest BCUT2D eigenvalue weighted by Crippen LogP contribution is -2.13. The molecule has 0 unspecified atom stereocenters. The Balaban J connectivity index is 1.64. The monoisotopic (exact) mass is 348 g/mol. The van der Waals surface area contributed by atoms with Crippen molar-refractivity contribution in [1.29, 1.82) is 10.5 Å². The van der Waals surface area contributed by atoms with Crippen LogP contribution in [0.3, 0.4) is 0 Å². The first-order chi connectivity index (χ1) is 12.2. The number of hydrogen-bond acceptors (Lipinski definition) is 6. The van der Waals surface area contributed by atoms with Crippen molar-refractivity contribution in [3.05, 3.63) is 63.4 Å². The second-order valence-electron chi connectivity index (χ2n) is 5.10. The summed E-state index contributed by atoms with van der Waals surface area (Å²) in [4.78, 5) is 23.0. The Bertz CT molecular complexity index is 945. The smallest absolute Gasteiger partial charge is 0.277 e. The normalized spacial score (nSPS) is 10.0. The summed E-state index contributed by atoms with van der Waals surface area (Å²) in [5.41, 5.74) is 1.45. The molecule has 2 N–H and O–H groups in total. The summed E-state index contributed by atoms with van der Waals surface area (Å²) >= 11 is 1.42. The number of aromatic amines is 1. The lowest BCUT2D eigenvalue weighted by atomic mass is 10.1. The van der Waals surface area contributed by atoms with E-state index in [1.54, 1.807) is 11.4 Å². The van der Waals surface area contributed by atoms with Gasteiger partial charge >= 0.3 is 0 Å². The van der Waals surface area contributed by atoms with Gasteiger partial charge in [-0.25, -0.2) is 9.97 Å². The molecule has 0 aliphatic carbocycles. The minimum absolute atomic E-state index is 0.0135. The van der Waals surface area contributed by atoms with Crippen LogP contribution in [0.4, 0.5) is 5.95 Å². The molecular weight excluding hydrogens is 336 g/mol. The number of H-pyrrole nitrogens is 1. The van der Waals surface area contributed by atoms with Gasteiger partial charge in [-0.3, -0.25) is 10.1 Å². The Kier molecular flexibility index (Phi) is 4.84. The Hall–Kier alpha value is -3.49. The van der Waals surface area contributed by atoms with Crippen LogP contribution in [0, 0.1) is 22.7 Å². The lowest BCUT2D eigenvalue weighted by molar-refractivity contribution is 0.102. The number of rotatable bonds is 5. The third-order valence-electron chi connectivity index (χ3n) is 3.41. The molecule has 0 fully saturated rings. The van der Waals surface area contributed by atoms with E-state index in [2.05, 4.69) is 32.4 Å². The minimum atomic E-state index is -0.440. The topological polar surface area (TPSA) is 118 Å². The molecule has 2 heterocycles. The van der Waals surface area contributed by atoms with Crippen LogP contribution in [0.2, 0.25) is 0 Å². The van der Waals surface area contributed by atoms with Gasteiger partial charge in [0.15, 0.2) is 11.4 Å². The average molecular weight is 348 g/mol. The number of nitriles is 2. The molecule has 1 amide bonds. The highest BCUT2D eigenvalue weighted by molar-refractivity contribution is 7.09. The Morgan fingerprint density at radius 2 is 1.96 bits per heavy atom. The molecule has 1 aromatic carbocycles. The van der Waals surface area contributed by atoms with Crippen molar-refractivity contribution in [3.8, 4) is 12.1 Å². The molecule has 0 saturated carbocycles. The van der Waals surface area contributed by atoms with Crippen LogP contribution < -0.4 is 5.32 Å². The molecule has 122 valence electrons. The van der Waals surface area contributed by atoms with Crippen molar-refractivity contribution < 1.29 is 4.79 Å². The van der Waals surface area contributed by atoms with Gasteiger partial charge in [-0.1, -0.05) is 30.3 Å². The number of aromatic nitrogens is 3. The fraction of sp³-hybridized carbons (Fsp3) is 0.118. The zero-order valence-electron chi connectivity index (χ0n) is 13.0. The van der Waals surface area contributed by atoms with Gasteiger partial charge in [-0.05, 0) is 12.0 Å². The van der Waals surface area contributed by atoms with Crippen molar-refractivity contribution in [2.45, 2.75) is 12.8 Å². The van der Waals surface area contributed by atoms with Gasteiger partial charge in [0.05, 0.1) is 5.01 Å². The van der Waals surface area contributed by atoms with Crippen molar-refractivity contribution in [2.24, 2.45) is 0 Å². The van der Waals surface area contributed by atoms with Gasteiger partial charge in [0.25, 0.3) is 5.91 Å². The van der Waals surface area contributed by atoms with Gasteiger partial charge < -0.3 is 4.98 Å². The number of carbonyl (C=O) groups is 1. The molecule has 7 nitrogen and oxygen atoms in total. The molecular formula is C17H12N6OS. The summed E-state index contributed by atoms with van der Waals surface area (Å²) in [5.74, 6) is -0.387. The zero-order chi connectivity index (χ0) is 17.6. The molecule has 0 aliphatic heterocycles. The maximum atomic E-state index is 12.2. The van der Waals surface area contributed by atoms with E-state index >= 15 is 0 Å². The second-order valence-corrected chi connectivity index (χ2v) is 6.04. The van der Waals surface area contributed by atoms with Crippen LogP contribution in [0.5, 0.6) is 0 Å². The van der Waals surface area contributed by atoms with E-state index in [4.69, 9.17) is 10.5 Å². The first-order valence-corrected chi connectivity index (χ1v) is 8.27. The van der Waals surface area contributed by atoms with Crippen LogP contribution in [0.1, 0.15) is 32.4 Å². The molecule has 0 bridgehead atoms. The van der Waals surface area contributed by atoms with Gasteiger partial charge in [0.1, 0.15) is 17.8 Å². The number of amides is 1. The zero-order valence-corrected chi connectivity index (χ0v) is 13.8. The highest BCUT2D eigenvalue weighted by atomic mass is 32.1. The van der Waals surface area contributed by atoms with Crippen LogP contribution in [0.15, 0.2) is 35.7 Å². The van der Waals surface area contributed by atoms with Crippen molar-refractivity contribution in [3.63, 3.8) is 0 Å². The standard InChI is InChI=1S/C17H12N6OS/c18-8-12-13(9-19)22-17(21-12)23-16(24)14-10-25-15(20-14)7-6-11-4-2-1-3-5-11/h1-5,10H,6-7H2,(H2,21,22,23,24). The molecule has 0 saturated heterocycles.